The molecule has 0 fully saturated rings. The number of furan rings is 3. The second kappa shape index (κ2) is 33.4. The van der Waals surface area contributed by atoms with Gasteiger partial charge in [0.2, 0.25) is 0 Å². The summed E-state index contributed by atoms with van der Waals surface area (Å²) < 4.78 is 19.6. The Hall–Kier alpha value is -17.2. The number of fused-ring (bicyclic) bond motifs is 12. The molecular formula is C124H84N6O3Si. The maximum absolute atomic E-state index is 6.70. The maximum atomic E-state index is 6.70. The van der Waals surface area contributed by atoms with Gasteiger partial charge in [0.05, 0.1) is 5.41 Å². The van der Waals surface area contributed by atoms with E-state index in [1.165, 1.54) is 65.3 Å². The van der Waals surface area contributed by atoms with E-state index in [2.05, 4.69) is 396 Å². The van der Waals surface area contributed by atoms with Crippen LogP contribution in [-0.4, -0.2) is 38.0 Å². The van der Waals surface area contributed by atoms with E-state index >= 15 is 0 Å². The number of benzene rings is 19. The molecule has 0 unspecified atom stereocenters. The van der Waals surface area contributed by atoms with E-state index in [0.29, 0.717) is 34.9 Å². The van der Waals surface area contributed by atoms with Gasteiger partial charge in [0.25, 0.3) is 0 Å². The average molecular weight is 1730 g/mol. The highest BCUT2D eigenvalue weighted by molar-refractivity contribution is 7.19. The SMILES string of the molecule is CC1(C)c2ccccc2-c2ccc(-c3nc(-c4ccccc4)nc(-c4cccc5oc6cc(-c7ccc([Si](c8ccccc8)(c8ccccc8)c8ccccc8)cc7)ccc6c45)n3)cc21.c1ccc(-c2nc(-c3ccc(-c4cccc5oc6cccc(-c7ccc(C(c8ccccc8)(c8ccccc8)c8ccccc8)cc7)c6c45)cc3)nc(-c3cccc4oc5ccccc5c34)n2)cc1. The minimum absolute atomic E-state index is 0.152. The number of rotatable bonds is 17. The summed E-state index contributed by atoms with van der Waals surface area (Å²) in [6.07, 6.45) is 0. The molecule has 5 heterocycles. The highest BCUT2D eigenvalue weighted by atomic mass is 28.3. The molecule has 5 aromatic heterocycles. The second-order valence-electron chi connectivity index (χ2n) is 34.9. The molecule has 9 nitrogen and oxygen atoms in total. The fourth-order valence-electron chi connectivity index (χ4n) is 20.8. The number of nitrogens with zero attached hydrogens (tertiary/aromatic N) is 6. The fraction of sp³-hybridized carbons (Fsp3) is 0.0323. The van der Waals surface area contributed by atoms with E-state index in [9.17, 15) is 0 Å². The van der Waals surface area contributed by atoms with E-state index in [0.717, 1.165) is 133 Å². The van der Waals surface area contributed by atoms with Gasteiger partial charge in [-0.2, -0.15) is 0 Å². The van der Waals surface area contributed by atoms with Crippen molar-refractivity contribution in [1.29, 1.82) is 0 Å². The number of para-hydroxylation sites is 1. The zero-order valence-electron chi connectivity index (χ0n) is 73.4. The molecule has 632 valence electrons. The quantitative estimate of drug-likeness (QED) is 0.0649. The third-order valence-electron chi connectivity index (χ3n) is 27.1. The Morgan fingerprint density at radius 1 is 0.194 bits per heavy atom. The first-order chi connectivity index (χ1) is 66.2. The summed E-state index contributed by atoms with van der Waals surface area (Å²) in [6.45, 7) is 4.60. The maximum Gasteiger partial charge on any atom is 0.179 e. The standard InChI is InChI=1S/C64H41N3O2.C60H43N3OSi/c1-5-18-44(19-6-1)61-65-62(67-63(66-61)53-29-17-31-55-58(53)52-26-13-14-30-54(52)68-55)45-36-34-42(35-37-45)50-27-15-32-56-59(50)60-51(28-16-33-57(60)69-56)43-38-40-49(41-39-43)64(46-20-7-2-8-21-46,47-22-9-3-10-23-47)48-24-11-4-12-25-48;1-60(2)52-28-16-15-26-48(52)49-36-33-43(38-53(49)60)58-61-57(41-18-7-3-8-19-41)62-59(63-58)51-27-17-29-54-56(51)50-37-32-42(39-55(50)64-54)40-30-34-47(35-31-40)65(44-20-9-4-10-21-44,45-22-11-5-12-23-45)46-24-13-6-14-25-46/h1-41H;3-39H,1-2H3. The van der Waals surface area contributed by atoms with Gasteiger partial charge in [-0.25, -0.2) is 29.9 Å². The van der Waals surface area contributed by atoms with E-state index in [1.54, 1.807) is 0 Å². The Bertz CT molecular complexity index is 8340. The zero-order chi connectivity index (χ0) is 89.3. The molecule has 0 saturated carbocycles. The summed E-state index contributed by atoms with van der Waals surface area (Å²) in [6, 6.07) is 168. The monoisotopic (exact) mass is 1730 g/mol. The average Bonchev–Trinajstić information content (AvgIpc) is 1.47. The molecule has 0 N–H and O–H groups in total. The summed E-state index contributed by atoms with van der Waals surface area (Å²) in [4.78, 5) is 30.9. The van der Waals surface area contributed by atoms with Gasteiger partial charge in [0.15, 0.2) is 43.0 Å². The lowest BCUT2D eigenvalue weighted by molar-refractivity contribution is 0.660. The molecule has 0 bridgehead atoms. The Labute approximate surface area is 776 Å². The van der Waals surface area contributed by atoms with Crippen LogP contribution in [0.15, 0.2) is 486 Å². The number of hydrogen-bond acceptors (Lipinski definition) is 9. The molecule has 10 heteroatoms. The predicted molar refractivity (Wildman–Crippen MR) is 550 cm³/mol. The normalized spacial score (nSPS) is 12.3. The minimum atomic E-state index is -2.64. The van der Waals surface area contributed by atoms with Crippen molar-refractivity contribution in [2.24, 2.45) is 0 Å². The van der Waals surface area contributed by atoms with Crippen LogP contribution < -0.4 is 20.7 Å². The summed E-state index contributed by atoms with van der Waals surface area (Å²) in [5.41, 5.74) is 26.2. The lowest BCUT2D eigenvalue weighted by Crippen LogP contribution is -2.74. The summed E-state index contributed by atoms with van der Waals surface area (Å²) >= 11 is 0. The van der Waals surface area contributed by atoms with Crippen LogP contribution in [0, 0.1) is 0 Å². The Balaban J connectivity index is 0.000000147. The Kier molecular flexibility index (Phi) is 20.0. The fourth-order valence-corrected chi connectivity index (χ4v) is 25.5. The van der Waals surface area contributed by atoms with Crippen LogP contribution in [0.1, 0.15) is 47.2 Å². The third kappa shape index (κ3) is 13.8. The number of hydrogen-bond donors (Lipinski definition) is 0. The van der Waals surface area contributed by atoms with E-state index in [4.69, 9.17) is 43.2 Å². The molecule has 0 radical (unpaired) electrons. The Morgan fingerprint density at radius 3 is 1.00 bits per heavy atom. The second-order valence-corrected chi connectivity index (χ2v) is 38.7. The van der Waals surface area contributed by atoms with Crippen molar-refractivity contribution in [3.63, 3.8) is 0 Å². The topological polar surface area (TPSA) is 117 Å². The summed E-state index contributed by atoms with van der Waals surface area (Å²) in [5, 5.41) is 11.5. The van der Waals surface area contributed by atoms with E-state index in [1.807, 2.05) is 91.0 Å². The Morgan fingerprint density at radius 2 is 0.507 bits per heavy atom. The van der Waals surface area contributed by atoms with Crippen LogP contribution in [0.4, 0.5) is 0 Å². The van der Waals surface area contributed by atoms with E-state index < -0.39 is 13.5 Å². The van der Waals surface area contributed by atoms with Crippen LogP contribution in [0.5, 0.6) is 0 Å². The molecular weight excluding hydrogens is 1650 g/mol. The van der Waals surface area contributed by atoms with Crippen LogP contribution in [0.3, 0.4) is 0 Å². The van der Waals surface area contributed by atoms with Crippen LogP contribution >= 0.6 is 0 Å². The third-order valence-corrected chi connectivity index (χ3v) is 31.9. The largest absolute Gasteiger partial charge is 0.456 e. The molecule has 19 aromatic carbocycles. The molecule has 0 aliphatic heterocycles. The van der Waals surface area contributed by atoms with Crippen molar-refractivity contribution >= 4 is 94.6 Å². The first-order valence-corrected chi connectivity index (χ1v) is 47.5. The van der Waals surface area contributed by atoms with Gasteiger partial charge in [-0.3, -0.25) is 0 Å². The molecule has 1 aliphatic rings. The van der Waals surface area contributed by atoms with Crippen LogP contribution in [0.25, 0.3) is 179 Å². The van der Waals surface area contributed by atoms with Crippen LogP contribution in [0.2, 0.25) is 0 Å². The molecule has 24 aromatic rings. The van der Waals surface area contributed by atoms with Gasteiger partial charge >= 0.3 is 0 Å². The van der Waals surface area contributed by atoms with Crippen LogP contribution in [-0.2, 0) is 10.8 Å². The first-order valence-electron chi connectivity index (χ1n) is 45.5. The molecule has 134 heavy (non-hydrogen) atoms. The number of aromatic nitrogens is 6. The first kappa shape index (κ1) is 80.2. The molecule has 0 spiro atoms. The summed E-state index contributed by atoms with van der Waals surface area (Å²) in [5.74, 6) is 3.64. The lowest BCUT2D eigenvalue weighted by atomic mass is 9.65. The van der Waals surface area contributed by atoms with Crippen molar-refractivity contribution in [3.05, 3.63) is 507 Å². The van der Waals surface area contributed by atoms with Gasteiger partial charge < -0.3 is 13.3 Å². The smallest absolute Gasteiger partial charge is 0.179 e. The highest BCUT2D eigenvalue weighted by Crippen LogP contribution is 2.52. The van der Waals surface area contributed by atoms with Crippen molar-refractivity contribution in [3.8, 4) is 113 Å². The highest BCUT2D eigenvalue weighted by Gasteiger charge is 2.43. The van der Waals surface area contributed by atoms with Gasteiger partial charge in [-0.05, 0) is 147 Å². The van der Waals surface area contributed by atoms with Crippen molar-refractivity contribution in [2.45, 2.75) is 24.7 Å². The summed E-state index contributed by atoms with van der Waals surface area (Å²) in [7, 11) is -2.64. The van der Waals surface area contributed by atoms with Crippen molar-refractivity contribution < 1.29 is 13.3 Å². The molecule has 0 saturated heterocycles. The van der Waals surface area contributed by atoms with Gasteiger partial charge in [0.1, 0.15) is 33.5 Å². The molecule has 0 amide bonds. The molecule has 1 aliphatic carbocycles. The molecule has 0 atom stereocenters. The van der Waals surface area contributed by atoms with E-state index in [-0.39, 0.29) is 5.41 Å². The predicted octanol–water partition coefficient (Wildman–Crippen LogP) is 28.5. The lowest BCUT2D eigenvalue weighted by Gasteiger charge is -2.37. The van der Waals surface area contributed by atoms with Gasteiger partial charge in [0, 0.05) is 71.1 Å². The van der Waals surface area contributed by atoms with Gasteiger partial charge in [-0.1, -0.05) is 438 Å². The van der Waals surface area contributed by atoms with Gasteiger partial charge in [-0.15, -0.1) is 0 Å². The molecule has 25 rings (SSSR count). The zero-order valence-corrected chi connectivity index (χ0v) is 74.4. The van der Waals surface area contributed by atoms with Crippen molar-refractivity contribution in [2.75, 3.05) is 0 Å². The minimum Gasteiger partial charge on any atom is -0.456 e. The van der Waals surface area contributed by atoms with Crippen molar-refractivity contribution in [1.82, 2.24) is 29.9 Å².